The van der Waals surface area contributed by atoms with Crippen LogP contribution in [0.4, 0.5) is 5.69 Å². The van der Waals surface area contributed by atoms with Gasteiger partial charge < -0.3 is 23.6 Å². The molecule has 0 fully saturated rings. The van der Waals surface area contributed by atoms with Crippen molar-refractivity contribution in [2.45, 2.75) is 13.8 Å². The van der Waals surface area contributed by atoms with E-state index >= 15 is 0 Å². The van der Waals surface area contributed by atoms with Gasteiger partial charge in [-0.1, -0.05) is 23.7 Å². The molecule has 1 amide bonds. The summed E-state index contributed by atoms with van der Waals surface area (Å²) in [7, 11) is 0. The fraction of sp³-hybridized carbons (Fsp3) is 0.167. The molecule has 0 radical (unpaired) electrons. The first-order valence-corrected chi connectivity index (χ1v) is 10.3. The summed E-state index contributed by atoms with van der Waals surface area (Å²) >= 11 is 6.19. The molecule has 0 saturated carbocycles. The van der Waals surface area contributed by atoms with E-state index in [1.165, 1.54) is 12.3 Å². The number of anilines is 1. The van der Waals surface area contributed by atoms with E-state index in [4.69, 9.17) is 29.9 Å². The van der Waals surface area contributed by atoms with Gasteiger partial charge >= 0.3 is 0 Å². The van der Waals surface area contributed by atoms with Gasteiger partial charge in [0.15, 0.2) is 12.4 Å². The molecule has 0 unspecified atom stereocenters. The van der Waals surface area contributed by atoms with Gasteiger partial charge in [-0.05, 0) is 55.8 Å². The molecule has 32 heavy (non-hydrogen) atoms. The Labute approximate surface area is 188 Å². The molecule has 164 valence electrons. The number of benzene rings is 2. The molecule has 4 aromatic rings. The zero-order valence-electron chi connectivity index (χ0n) is 17.4. The third-order valence-electron chi connectivity index (χ3n) is 4.68. The second kappa shape index (κ2) is 9.20. The van der Waals surface area contributed by atoms with Crippen molar-refractivity contribution in [3.8, 4) is 23.0 Å². The number of furan rings is 1. The highest BCUT2D eigenvalue weighted by atomic mass is 35.5. The number of fused-ring (bicyclic) bond motifs is 1. The molecule has 1 N–H and O–H groups in total. The minimum atomic E-state index is -0.469. The van der Waals surface area contributed by atoms with E-state index in [2.05, 4.69) is 5.32 Å². The monoisotopic (exact) mass is 453 g/mol. The number of hydrogen-bond acceptors (Lipinski definition) is 6. The number of nitrogens with one attached hydrogen (secondary N) is 1. The highest BCUT2D eigenvalue weighted by molar-refractivity contribution is 6.32. The molecule has 2 aromatic heterocycles. The van der Waals surface area contributed by atoms with Crippen molar-refractivity contribution in [3.05, 3.63) is 75.6 Å². The molecule has 0 saturated heterocycles. The van der Waals surface area contributed by atoms with Crippen LogP contribution in [0.5, 0.6) is 11.5 Å². The summed E-state index contributed by atoms with van der Waals surface area (Å²) in [6, 6.07) is 13.5. The summed E-state index contributed by atoms with van der Waals surface area (Å²) in [5.74, 6) is 0.324. The smallest absolute Gasteiger partial charge is 0.262 e. The van der Waals surface area contributed by atoms with Crippen LogP contribution in [0.2, 0.25) is 5.02 Å². The second-order valence-electron chi connectivity index (χ2n) is 6.93. The number of hydrogen-bond donors (Lipinski definition) is 1. The number of carbonyl (C=O) groups is 1. The van der Waals surface area contributed by atoms with E-state index in [9.17, 15) is 9.59 Å². The molecule has 0 aliphatic carbocycles. The van der Waals surface area contributed by atoms with E-state index in [1.807, 2.05) is 13.8 Å². The Hall–Kier alpha value is -3.71. The molecular formula is C24H20ClNO6. The molecule has 0 aliphatic heterocycles. The maximum absolute atomic E-state index is 13.2. The van der Waals surface area contributed by atoms with Crippen LogP contribution in [0.1, 0.15) is 12.5 Å². The number of para-hydroxylation sites is 2. The van der Waals surface area contributed by atoms with Gasteiger partial charge in [-0.15, -0.1) is 0 Å². The lowest BCUT2D eigenvalue weighted by Gasteiger charge is -2.13. The summed E-state index contributed by atoms with van der Waals surface area (Å²) in [6.45, 7) is 3.69. The van der Waals surface area contributed by atoms with E-state index in [-0.39, 0.29) is 16.9 Å². The lowest BCUT2D eigenvalue weighted by Crippen LogP contribution is -2.23. The fourth-order valence-corrected chi connectivity index (χ4v) is 3.34. The minimum Gasteiger partial charge on any atom is -0.492 e. The molecule has 7 nitrogen and oxygen atoms in total. The molecule has 2 aromatic carbocycles. The van der Waals surface area contributed by atoms with Crippen molar-refractivity contribution >= 4 is 34.2 Å². The quantitative estimate of drug-likeness (QED) is 0.401. The van der Waals surface area contributed by atoms with Gasteiger partial charge in [0.05, 0.1) is 23.9 Å². The third-order valence-corrected chi connectivity index (χ3v) is 5.09. The van der Waals surface area contributed by atoms with Crippen molar-refractivity contribution < 1.29 is 23.1 Å². The molecule has 0 spiro atoms. The van der Waals surface area contributed by atoms with Crippen molar-refractivity contribution in [1.29, 1.82) is 0 Å². The summed E-state index contributed by atoms with van der Waals surface area (Å²) in [4.78, 5) is 25.7. The molecule has 2 heterocycles. The normalized spacial score (nSPS) is 10.8. The Kier molecular flexibility index (Phi) is 6.18. The number of amides is 1. The van der Waals surface area contributed by atoms with Crippen molar-refractivity contribution in [3.63, 3.8) is 0 Å². The van der Waals surface area contributed by atoms with Crippen LogP contribution in [0.15, 0.2) is 68.4 Å². The van der Waals surface area contributed by atoms with E-state index < -0.39 is 17.9 Å². The van der Waals surface area contributed by atoms with Gasteiger partial charge in [0, 0.05) is 5.02 Å². The SMILES string of the molecule is CCOc1ccccc1NC(=O)COc1c(-c2ccco2)oc2cc(C)c(Cl)cc2c1=O. The average Bonchev–Trinajstić information content (AvgIpc) is 3.31. The number of halogens is 1. The first-order valence-electron chi connectivity index (χ1n) is 9.93. The van der Waals surface area contributed by atoms with Gasteiger partial charge in [-0.2, -0.15) is 0 Å². The van der Waals surface area contributed by atoms with Gasteiger partial charge in [-0.3, -0.25) is 9.59 Å². The maximum atomic E-state index is 13.2. The first kappa shape index (κ1) is 21.5. The molecule has 8 heteroatoms. The number of aryl methyl sites for hydroxylation is 1. The summed E-state index contributed by atoms with van der Waals surface area (Å²) in [5, 5.41) is 3.39. The topological polar surface area (TPSA) is 90.9 Å². The Morgan fingerprint density at radius 1 is 1.12 bits per heavy atom. The molecule has 0 atom stereocenters. The minimum absolute atomic E-state index is 0.0942. The zero-order valence-corrected chi connectivity index (χ0v) is 18.2. The van der Waals surface area contributed by atoms with Crippen molar-refractivity contribution in [2.75, 3.05) is 18.5 Å². The summed E-state index contributed by atoms with van der Waals surface area (Å²) < 4.78 is 22.5. The number of carbonyl (C=O) groups excluding carboxylic acids is 1. The predicted molar refractivity (Wildman–Crippen MR) is 122 cm³/mol. The number of rotatable bonds is 7. The van der Waals surface area contributed by atoms with Crippen LogP contribution in [0.25, 0.3) is 22.5 Å². The van der Waals surface area contributed by atoms with E-state index in [0.29, 0.717) is 34.4 Å². The fourth-order valence-electron chi connectivity index (χ4n) is 3.17. The second-order valence-corrected chi connectivity index (χ2v) is 7.34. The Balaban J connectivity index is 1.66. The zero-order chi connectivity index (χ0) is 22.7. The van der Waals surface area contributed by atoms with Crippen molar-refractivity contribution in [2.24, 2.45) is 0 Å². The summed E-state index contributed by atoms with van der Waals surface area (Å²) in [5.41, 5.74) is 1.14. The number of ether oxygens (including phenoxy) is 2. The first-order chi connectivity index (χ1) is 15.5. The largest absolute Gasteiger partial charge is 0.492 e. The highest BCUT2D eigenvalue weighted by Crippen LogP contribution is 2.33. The van der Waals surface area contributed by atoms with Crippen LogP contribution in [0.3, 0.4) is 0 Å². The summed E-state index contributed by atoms with van der Waals surface area (Å²) in [6.07, 6.45) is 1.45. The molecular weight excluding hydrogens is 434 g/mol. The van der Waals surface area contributed by atoms with Gasteiger partial charge in [0.2, 0.25) is 16.9 Å². The standard InChI is InChI=1S/C24H20ClNO6/c1-3-29-18-8-5-4-7-17(18)26-21(27)13-31-24-22(28)15-12-16(25)14(2)11-20(15)32-23(24)19-9-6-10-30-19/h4-12H,3,13H2,1-2H3,(H,26,27). The van der Waals surface area contributed by atoms with Gasteiger partial charge in [0.25, 0.3) is 5.91 Å². The predicted octanol–water partition coefficient (Wildman–Crippen LogP) is 5.43. The van der Waals surface area contributed by atoms with Crippen LogP contribution in [0, 0.1) is 6.92 Å². The van der Waals surface area contributed by atoms with Gasteiger partial charge in [0.1, 0.15) is 11.3 Å². The van der Waals surface area contributed by atoms with Crippen LogP contribution in [-0.2, 0) is 4.79 Å². The van der Waals surface area contributed by atoms with Gasteiger partial charge in [-0.25, -0.2) is 0 Å². The van der Waals surface area contributed by atoms with E-state index in [0.717, 1.165) is 5.56 Å². The Bertz CT molecular complexity index is 1330. The van der Waals surface area contributed by atoms with E-state index in [1.54, 1.807) is 42.5 Å². The average molecular weight is 454 g/mol. The molecule has 0 bridgehead atoms. The molecule has 0 aliphatic rings. The lowest BCUT2D eigenvalue weighted by atomic mass is 10.1. The van der Waals surface area contributed by atoms with Crippen LogP contribution >= 0.6 is 11.6 Å². The molecule has 4 rings (SSSR count). The van der Waals surface area contributed by atoms with Crippen molar-refractivity contribution in [1.82, 2.24) is 0 Å². The lowest BCUT2D eigenvalue weighted by molar-refractivity contribution is -0.118. The maximum Gasteiger partial charge on any atom is 0.262 e. The third kappa shape index (κ3) is 4.33. The van der Waals surface area contributed by atoms with Crippen LogP contribution < -0.4 is 20.2 Å². The Morgan fingerprint density at radius 3 is 2.69 bits per heavy atom. The highest BCUT2D eigenvalue weighted by Gasteiger charge is 2.21. The van der Waals surface area contributed by atoms with Crippen LogP contribution in [-0.4, -0.2) is 19.1 Å². The Morgan fingerprint density at radius 2 is 1.94 bits per heavy atom.